The van der Waals surface area contributed by atoms with Crippen molar-refractivity contribution in [2.45, 2.75) is 20.8 Å². The lowest BCUT2D eigenvalue weighted by Crippen LogP contribution is -2.13. The van der Waals surface area contributed by atoms with Gasteiger partial charge in [-0.25, -0.2) is 4.79 Å². The summed E-state index contributed by atoms with van der Waals surface area (Å²) in [7, 11) is 1.64. The van der Waals surface area contributed by atoms with E-state index < -0.39 is 12.1 Å². The molecule has 8 heteroatoms. The summed E-state index contributed by atoms with van der Waals surface area (Å²) in [6, 6.07) is 40.6. The predicted octanol–water partition coefficient (Wildman–Crippen LogP) is 10.5. The van der Waals surface area contributed by atoms with Crippen LogP contribution in [0.25, 0.3) is 11.6 Å². The molecule has 0 fully saturated rings. The van der Waals surface area contributed by atoms with E-state index in [4.69, 9.17) is 18.9 Å². The van der Waals surface area contributed by atoms with E-state index in [-0.39, 0.29) is 13.2 Å². The number of methoxy groups -OCH3 is 1. The topological polar surface area (TPSA) is 83.5 Å². The number of carbonyl (C=O) groups excluding carboxylic acids is 2. The summed E-state index contributed by atoms with van der Waals surface area (Å²) in [5.41, 5.74) is 9.60. The van der Waals surface area contributed by atoms with Crippen molar-refractivity contribution in [2.24, 2.45) is 0 Å². The SMILES string of the molecule is COc1ccc(/C(=C\C=C\c2ccc(N(c3ccc(C)cc3)c3ccc(C)cc3)cc2)c2ccc(OC(=O)OCCO/C=C/OC(C)=O)cc2)cc1. The summed E-state index contributed by atoms with van der Waals surface area (Å²) in [6.45, 7) is 5.49. The van der Waals surface area contributed by atoms with Crippen molar-refractivity contribution in [3.8, 4) is 11.5 Å². The zero-order valence-electron chi connectivity index (χ0n) is 29.7. The Morgan fingerprint density at radius 2 is 1.15 bits per heavy atom. The van der Waals surface area contributed by atoms with Crippen LogP contribution in [0.15, 0.2) is 146 Å². The molecule has 0 saturated carbocycles. The van der Waals surface area contributed by atoms with Crippen LogP contribution in [0.3, 0.4) is 0 Å². The zero-order chi connectivity index (χ0) is 36.7. The molecule has 0 bridgehead atoms. The number of allylic oxidation sites excluding steroid dienone is 2. The van der Waals surface area contributed by atoms with E-state index in [0.29, 0.717) is 5.75 Å². The van der Waals surface area contributed by atoms with E-state index in [1.54, 1.807) is 19.2 Å². The lowest BCUT2D eigenvalue weighted by Gasteiger charge is -2.25. The van der Waals surface area contributed by atoms with Gasteiger partial charge in [-0.1, -0.05) is 90.0 Å². The molecule has 5 aromatic rings. The first-order chi connectivity index (χ1) is 25.3. The van der Waals surface area contributed by atoms with Crippen LogP contribution in [0.4, 0.5) is 21.9 Å². The van der Waals surface area contributed by atoms with Crippen LogP contribution in [0, 0.1) is 13.8 Å². The van der Waals surface area contributed by atoms with Crippen LogP contribution in [-0.2, 0) is 19.0 Å². The van der Waals surface area contributed by atoms with Gasteiger partial charge in [0, 0.05) is 24.0 Å². The minimum atomic E-state index is -0.860. The average Bonchev–Trinajstić information content (AvgIpc) is 3.15. The average molecular weight is 696 g/mol. The Morgan fingerprint density at radius 3 is 1.67 bits per heavy atom. The van der Waals surface area contributed by atoms with Gasteiger partial charge in [-0.2, -0.15) is 0 Å². The molecule has 8 nitrogen and oxygen atoms in total. The number of aryl methyl sites for hydroxylation is 2. The molecule has 0 aromatic heterocycles. The molecular weight excluding hydrogens is 654 g/mol. The van der Waals surface area contributed by atoms with Gasteiger partial charge in [0.15, 0.2) is 0 Å². The smallest absolute Gasteiger partial charge is 0.497 e. The highest BCUT2D eigenvalue weighted by atomic mass is 16.7. The second-order valence-electron chi connectivity index (χ2n) is 11.7. The fourth-order valence-corrected chi connectivity index (χ4v) is 5.19. The molecular formula is C44H41NO7. The van der Waals surface area contributed by atoms with Crippen LogP contribution in [0.5, 0.6) is 11.5 Å². The van der Waals surface area contributed by atoms with Gasteiger partial charge in [0.1, 0.15) is 37.2 Å². The Balaban J connectivity index is 1.30. The Bertz CT molecular complexity index is 1950. The van der Waals surface area contributed by atoms with Crippen LogP contribution >= 0.6 is 0 Å². The third kappa shape index (κ3) is 10.7. The van der Waals surface area contributed by atoms with Crippen LogP contribution in [0.1, 0.15) is 34.7 Å². The number of esters is 1. The predicted molar refractivity (Wildman–Crippen MR) is 205 cm³/mol. The molecule has 0 N–H and O–H groups in total. The highest BCUT2D eigenvalue weighted by Gasteiger charge is 2.13. The first-order valence-corrected chi connectivity index (χ1v) is 16.7. The molecule has 0 spiro atoms. The monoisotopic (exact) mass is 695 g/mol. The second kappa shape index (κ2) is 18.5. The van der Waals surface area contributed by atoms with Crippen molar-refractivity contribution in [1.29, 1.82) is 0 Å². The number of carbonyl (C=O) groups is 2. The second-order valence-corrected chi connectivity index (χ2v) is 11.7. The van der Waals surface area contributed by atoms with Gasteiger partial charge in [0.05, 0.1) is 7.11 Å². The van der Waals surface area contributed by atoms with Gasteiger partial charge < -0.3 is 28.6 Å². The van der Waals surface area contributed by atoms with E-state index >= 15 is 0 Å². The summed E-state index contributed by atoms with van der Waals surface area (Å²) in [4.78, 5) is 25.2. The largest absolute Gasteiger partial charge is 0.513 e. The Morgan fingerprint density at radius 1 is 0.635 bits per heavy atom. The number of nitrogens with zero attached hydrogens (tertiary/aromatic N) is 1. The molecule has 0 amide bonds. The standard InChI is InChI=1S/C44H41NO7/c1-32-8-18-38(19-9-32)45(39-20-10-33(2)11-21-39)40-22-12-35(13-23-40)6-5-7-43(36-14-24-41(48-4)25-15-36)37-16-26-42(27-17-37)52-44(47)51-31-29-49-28-30-50-34(3)46/h5-28,30H,29,31H2,1-4H3/b6-5+,30-28+,43-7+. The molecule has 264 valence electrons. The summed E-state index contributed by atoms with van der Waals surface area (Å²) in [6.07, 6.45) is 7.59. The van der Waals surface area contributed by atoms with E-state index in [1.807, 2.05) is 42.5 Å². The van der Waals surface area contributed by atoms with Crippen molar-refractivity contribution >= 4 is 40.8 Å². The number of hydrogen-bond donors (Lipinski definition) is 0. The minimum absolute atomic E-state index is 0.0432. The fraction of sp³-hybridized carbons (Fsp3) is 0.136. The van der Waals surface area contributed by atoms with Crippen molar-refractivity contribution in [2.75, 3.05) is 25.2 Å². The molecule has 0 saturated heterocycles. The summed E-state index contributed by atoms with van der Waals surface area (Å²) < 4.78 is 25.4. The maximum atomic E-state index is 12.2. The quantitative estimate of drug-likeness (QED) is 0.0373. The van der Waals surface area contributed by atoms with Crippen LogP contribution < -0.4 is 14.4 Å². The van der Waals surface area contributed by atoms with Gasteiger partial charge >= 0.3 is 12.1 Å². The number of rotatable bonds is 14. The summed E-state index contributed by atoms with van der Waals surface area (Å²) in [5.74, 6) is 0.632. The van der Waals surface area contributed by atoms with Crippen molar-refractivity contribution in [1.82, 2.24) is 0 Å². The van der Waals surface area contributed by atoms with Crippen molar-refractivity contribution < 1.29 is 33.3 Å². The van der Waals surface area contributed by atoms with Crippen LogP contribution in [0.2, 0.25) is 0 Å². The van der Waals surface area contributed by atoms with E-state index in [0.717, 1.165) is 51.3 Å². The fourth-order valence-electron chi connectivity index (χ4n) is 5.19. The molecule has 0 aliphatic heterocycles. The number of hydrogen-bond acceptors (Lipinski definition) is 8. The number of anilines is 3. The number of benzene rings is 5. The molecule has 0 atom stereocenters. The lowest BCUT2D eigenvalue weighted by atomic mass is 9.97. The number of ether oxygens (including phenoxy) is 5. The molecule has 5 rings (SSSR count). The zero-order valence-corrected chi connectivity index (χ0v) is 29.7. The third-order valence-electron chi connectivity index (χ3n) is 7.86. The highest BCUT2D eigenvalue weighted by Crippen LogP contribution is 2.35. The summed E-state index contributed by atoms with van der Waals surface area (Å²) in [5, 5.41) is 0. The normalized spacial score (nSPS) is 11.3. The molecule has 52 heavy (non-hydrogen) atoms. The van der Waals surface area contributed by atoms with E-state index in [2.05, 4.69) is 108 Å². The van der Waals surface area contributed by atoms with Crippen molar-refractivity contribution in [3.05, 3.63) is 174 Å². The Hall–Kier alpha value is -6.54. The molecule has 0 aliphatic rings. The van der Waals surface area contributed by atoms with Crippen LogP contribution in [-0.4, -0.2) is 32.4 Å². The third-order valence-corrected chi connectivity index (χ3v) is 7.86. The van der Waals surface area contributed by atoms with Gasteiger partial charge in [0.25, 0.3) is 0 Å². The van der Waals surface area contributed by atoms with Gasteiger partial charge in [-0.3, -0.25) is 4.79 Å². The maximum Gasteiger partial charge on any atom is 0.513 e. The Labute approximate surface area is 304 Å². The van der Waals surface area contributed by atoms with E-state index in [9.17, 15) is 9.59 Å². The molecule has 0 unspecified atom stereocenters. The molecule has 0 aliphatic carbocycles. The van der Waals surface area contributed by atoms with Crippen molar-refractivity contribution in [3.63, 3.8) is 0 Å². The van der Waals surface area contributed by atoms with Gasteiger partial charge in [-0.05, 0) is 96.8 Å². The first kappa shape index (κ1) is 36.7. The Kier molecular flexibility index (Phi) is 13.0. The molecule has 0 radical (unpaired) electrons. The first-order valence-electron chi connectivity index (χ1n) is 16.7. The molecule has 0 heterocycles. The molecule has 5 aromatic carbocycles. The lowest BCUT2D eigenvalue weighted by molar-refractivity contribution is -0.135. The minimum Gasteiger partial charge on any atom is -0.497 e. The van der Waals surface area contributed by atoms with Gasteiger partial charge in [0.2, 0.25) is 0 Å². The van der Waals surface area contributed by atoms with E-state index in [1.165, 1.54) is 24.3 Å². The van der Waals surface area contributed by atoms with Gasteiger partial charge in [-0.15, -0.1) is 0 Å². The maximum absolute atomic E-state index is 12.2. The highest BCUT2D eigenvalue weighted by molar-refractivity contribution is 5.82. The summed E-state index contributed by atoms with van der Waals surface area (Å²) >= 11 is 0.